The third-order valence-corrected chi connectivity index (χ3v) is 5.99. The molecule has 1 aromatic carbocycles. The Bertz CT molecular complexity index is 818. The highest BCUT2D eigenvalue weighted by molar-refractivity contribution is 7.99. The Morgan fingerprint density at radius 1 is 1.27 bits per heavy atom. The highest BCUT2D eigenvalue weighted by Crippen LogP contribution is 2.23. The minimum atomic E-state index is -0.130. The van der Waals surface area contributed by atoms with Gasteiger partial charge in [-0.1, -0.05) is 41.6 Å². The fourth-order valence-electron chi connectivity index (χ4n) is 2.46. The highest BCUT2D eigenvalue weighted by Gasteiger charge is 2.22. The zero-order valence-corrected chi connectivity index (χ0v) is 16.4. The lowest BCUT2D eigenvalue weighted by Gasteiger charge is -2.22. The third kappa shape index (κ3) is 4.74. The van der Waals surface area contributed by atoms with Gasteiger partial charge in [-0.3, -0.25) is 4.79 Å². The lowest BCUT2D eigenvalue weighted by molar-refractivity contribution is -0.131. The average molecular weight is 388 g/mol. The number of nitrogens with zero attached hydrogens (tertiary/aromatic N) is 3. The molecule has 0 saturated carbocycles. The monoisotopic (exact) mass is 387 g/mol. The van der Waals surface area contributed by atoms with E-state index in [2.05, 4.69) is 22.3 Å². The molecule has 1 atom stereocenters. The fourth-order valence-corrected chi connectivity index (χ4v) is 4.03. The van der Waals surface area contributed by atoms with Crippen molar-refractivity contribution in [1.29, 1.82) is 0 Å². The molecule has 0 aliphatic carbocycles. The van der Waals surface area contributed by atoms with Crippen LogP contribution < -0.4 is 0 Å². The van der Waals surface area contributed by atoms with Crippen molar-refractivity contribution in [2.45, 2.75) is 31.4 Å². The molecule has 2 aromatic heterocycles. The van der Waals surface area contributed by atoms with Crippen molar-refractivity contribution in [2.24, 2.45) is 0 Å². The predicted molar refractivity (Wildman–Crippen MR) is 106 cm³/mol. The maximum atomic E-state index is 12.8. The predicted octanol–water partition coefficient (Wildman–Crippen LogP) is 4.47. The van der Waals surface area contributed by atoms with Gasteiger partial charge in [0.25, 0.3) is 0 Å². The SMILES string of the molecule is CCN(Cc1nc(-c2cccs2)no1)C(=O)[C@@H](C)SCc1ccccc1. The lowest BCUT2D eigenvalue weighted by Crippen LogP contribution is -2.36. The number of thioether (sulfide) groups is 1. The summed E-state index contributed by atoms with van der Waals surface area (Å²) in [6.07, 6.45) is 0. The molecule has 3 rings (SSSR count). The van der Waals surface area contributed by atoms with Crippen LogP contribution in [-0.2, 0) is 17.1 Å². The van der Waals surface area contributed by atoms with Crippen molar-refractivity contribution in [3.63, 3.8) is 0 Å². The van der Waals surface area contributed by atoms with Crippen LogP contribution in [-0.4, -0.2) is 32.7 Å². The smallest absolute Gasteiger partial charge is 0.246 e. The Morgan fingerprint density at radius 3 is 2.77 bits per heavy atom. The van der Waals surface area contributed by atoms with Gasteiger partial charge in [-0.05, 0) is 30.9 Å². The van der Waals surface area contributed by atoms with Crippen molar-refractivity contribution < 1.29 is 9.32 Å². The first kappa shape index (κ1) is 18.7. The van der Waals surface area contributed by atoms with Crippen LogP contribution in [0.1, 0.15) is 25.3 Å². The topological polar surface area (TPSA) is 59.2 Å². The fraction of sp³-hybridized carbons (Fsp3) is 0.316. The molecule has 136 valence electrons. The molecular weight excluding hydrogens is 366 g/mol. The van der Waals surface area contributed by atoms with Gasteiger partial charge in [0.2, 0.25) is 17.6 Å². The quantitative estimate of drug-likeness (QED) is 0.571. The largest absolute Gasteiger partial charge is 0.337 e. The number of hydrogen-bond acceptors (Lipinski definition) is 6. The van der Waals surface area contributed by atoms with Crippen molar-refractivity contribution in [2.75, 3.05) is 6.54 Å². The summed E-state index contributed by atoms with van der Waals surface area (Å²) in [6, 6.07) is 14.1. The Kier molecular flexibility index (Phi) is 6.46. The number of rotatable bonds is 8. The molecule has 3 aromatic rings. The van der Waals surface area contributed by atoms with Crippen LogP contribution >= 0.6 is 23.1 Å². The van der Waals surface area contributed by atoms with Crippen molar-refractivity contribution >= 4 is 29.0 Å². The highest BCUT2D eigenvalue weighted by atomic mass is 32.2. The number of aromatic nitrogens is 2. The maximum Gasteiger partial charge on any atom is 0.246 e. The second-order valence-electron chi connectivity index (χ2n) is 5.78. The Balaban J connectivity index is 1.58. The number of thiophene rings is 1. The zero-order chi connectivity index (χ0) is 18.4. The van der Waals surface area contributed by atoms with Gasteiger partial charge in [0.05, 0.1) is 10.1 Å². The van der Waals surface area contributed by atoms with E-state index in [0.717, 1.165) is 10.6 Å². The van der Waals surface area contributed by atoms with Crippen molar-refractivity contribution in [1.82, 2.24) is 15.0 Å². The van der Waals surface area contributed by atoms with Crippen LogP contribution in [0.3, 0.4) is 0 Å². The summed E-state index contributed by atoms with van der Waals surface area (Å²) >= 11 is 3.20. The van der Waals surface area contributed by atoms with E-state index in [0.29, 0.717) is 24.8 Å². The van der Waals surface area contributed by atoms with Crippen LogP contribution in [0, 0.1) is 0 Å². The number of hydrogen-bond donors (Lipinski definition) is 0. The van der Waals surface area contributed by atoms with Crippen LogP contribution in [0.2, 0.25) is 0 Å². The maximum absolute atomic E-state index is 12.8. The van der Waals surface area contributed by atoms with Crippen LogP contribution in [0.25, 0.3) is 10.7 Å². The molecule has 5 nitrogen and oxygen atoms in total. The van der Waals surface area contributed by atoms with Crippen molar-refractivity contribution in [3.05, 3.63) is 59.3 Å². The van der Waals surface area contributed by atoms with Crippen LogP contribution in [0.15, 0.2) is 52.4 Å². The first-order valence-electron chi connectivity index (χ1n) is 8.48. The molecule has 0 fully saturated rings. The van der Waals surface area contributed by atoms with Gasteiger partial charge < -0.3 is 9.42 Å². The molecule has 0 radical (unpaired) electrons. The summed E-state index contributed by atoms with van der Waals surface area (Å²) in [5, 5.41) is 5.85. The molecule has 7 heteroatoms. The van der Waals surface area contributed by atoms with E-state index in [4.69, 9.17) is 4.52 Å². The normalized spacial score (nSPS) is 12.1. The molecule has 0 aliphatic rings. The van der Waals surface area contributed by atoms with Gasteiger partial charge in [-0.2, -0.15) is 4.98 Å². The van der Waals surface area contributed by atoms with Gasteiger partial charge >= 0.3 is 0 Å². The van der Waals surface area contributed by atoms with Gasteiger partial charge in [-0.25, -0.2) is 0 Å². The summed E-state index contributed by atoms with van der Waals surface area (Å²) < 4.78 is 5.32. The van der Waals surface area contributed by atoms with E-state index in [1.54, 1.807) is 28.0 Å². The summed E-state index contributed by atoms with van der Waals surface area (Å²) in [7, 11) is 0. The Labute approximate surface area is 161 Å². The van der Waals surface area contributed by atoms with Gasteiger partial charge in [-0.15, -0.1) is 23.1 Å². The van der Waals surface area contributed by atoms with Gasteiger partial charge in [0.15, 0.2) is 0 Å². The van der Waals surface area contributed by atoms with E-state index < -0.39 is 0 Å². The molecule has 0 N–H and O–H groups in total. The van der Waals surface area contributed by atoms with Gasteiger partial charge in [0.1, 0.15) is 6.54 Å². The molecule has 0 saturated heterocycles. The summed E-state index contributed by atoms with van der Waals surface area (Å²) in [5.41, 5.74) is 1.22. The molecule has 0 spiro atoms. The second-order valence-corrected chi connectivity index (χ2v) is 8.06. The molecule has 2 heterocycles. The van der Waals surface area contributed by atoms with Gasteiger partial charge in [0, 0.05) is 12.3 Å². The van der Waals surface area contributed by atoms with E-state index in [1.165, 1.54) is 5.56 Å². The van der Waals surface area contributed by atoms with Crippen molar-refractivity contribution in [3.8, 4) is 10.7 Å². The van der Waals surface area contributed by atoms with Crippen LogP contribution in [0.5, 0.6) is 0 Å². The summed E-state index contributed by atoms with van der Waals surface area (Å²) in [6.45, 7) is 4.85. The Morgan fingerprint density at radius 2 is 2.08 bits per heavy atom. The molecular formula is C19H21N3O2S2. The number of benzene rings is 1. The molecule has 0 unspecified atom stereocenters. The summed E-state index contributed by atoms with van der Waals surface area (Å²) in [5.74, 6) is 1.94. The molecule has 0 aliphatic heterocycles. The van der Waals surface area contributed by atoms with E-state index in [-0.39, 0.29) is 11.2 Å². The van der Waals surface area contributed by atoms with E-state index in [9.17, 15) is 4.79 Å². The standard InChI is InChI=1S/C19H21N3O2S2/c1-3-22(12-17-20-18(21-24-17)16-10-7-11-25-16)19(23)14(2)26-13-15-8-5-4-6-9-15/h4-11,14H,3,12-13H2,1-2H3/t14-/m1/s1. The molecule has 0 bridgehead atoms. The Hall–Kier alpha value is -2.12. The lowest BCUT2D eigenvalue weighted by atomic mass is 10.2. The average Bonchev–Trinajstić information content (AvgIpc) is 3.36. The minimum Gasteiger partial charge on any atom is -0.337 e. The molecule has 1 amide bonds. The third-order valence-electron chi connectivity index (χ3n) is 3.92. The number of amides is 1. The molecule has 26 heavy (non-hydrogen) atoms. The van der Waals surface area contributed by atoms with Crippen LogP contribution in [0.4, 0.5) is 0 Å². The second kappa shape index (κ2) is 9.00. The first-order chi connectivity index (χ1) is 12.7. The van der Waals surface area contributed by atoms with E-state index in [1.807, 2.05) is 49.6 Å². The summed E-state index contributed by atoms with van der Waals surface area (Å²) in [4.78, 5) is 19.9. The number of carbonyl (C=O) groups excluding carboxylic acids is 1. The first-order valence-corrected chi connectivity index (χ1v) is 10.4. The van der Waals surface area contributed by atoms with E-state index >= 15 is 0 Å². The number of carbonyl (C=O) groups is 1. The zero-order valence-electron chi connectivity index (χ0n) is 14.8. The minimum absolute atomic E-state index is 0.0873.